The fraction of sp³-hybridized carbons (Fsp3) is 0.538. The number of hydrogen-bond donors (Lipinski definition) is 1. The van der Waals surface area contributed by atoms with Gasteiger partial charge in [0.1, 0.15) is 5.82 Å². The molecule has 1 aromatic rings. The molecule has 0 aromatic heterocycles. The van der Waals surface area contributed by atoms with Crippen molar-refractivity contribution in [2.24, 2.45) is 5.73 Å². The second-order valence-electron chi connectivity index (χ2n) is 4.56. The van der Waals surface area contributed by atoms with E-state index in [4.69, 9.17) is 22.1 Å². The van der Waals surface area contributed by atoms with E-state index in [0.29, 0.717) is 11.6 Å². The Kier molecular flexibility index (Phi) is 4.37. The first-order valence-corrected chi connectivity index (χ1v) is 6.34. The fourth-order valence-electron chi connectivity index (χ4n) is 2.12. The zero-order valence-corrected chi connectivity index (χ0v) is 10.4. The van der Waals surface area contributed by atoms with Gasteiger partial charge in [-0.3, -0.25) is 0 Å². The molecule has 1 saturated carbocycles. The Bertz CT molecular complexity index is 378. The van der Waals surface area contributed by atoms with Crippen molar-refractivity contribution in [2.75, 3.05) is 0 Å². The van der Waals surface area contributed by atoms with E-state index in [1.54, 1.807) is 18.2 Å². The smallest absolute Gasteiger partial charge is 0.147 e. The number of halogens is 2. The van der Waals surface area contributed by atoms with Gasteiger partial charge in [-0.1, -0.05) is 23.7 Å². The molecule has 1 aromatic carbocycles. The minimum absolute atomic E-state index is 0.150. The highest BCUT2D eigenvalue weighted by Gasteiger charge is 2.19. The first-order valence-electron chi connectivity index (χ1n) is 5.97. The van der Waals surface area contributed by atoms with Gasteiger partial charge in [-0.2, -0.15) is 0 Å². The third-order valence-electron chi connectivity index (χ3n) is 3.22. The lowest BCUT2D eigenvalue weighted by atomic mass is 9.94. The van der Waals surface area contributed by atoms with E-state index in [9.17, 15) is 4.39 Å². The van der Waals surface area contributed by atoms with Crippen LogP contribution in [0.25, 0.3) is 0 Å². The van der Waals surface area contributed by atoms with Crippen molar-refractivity contribution < 1.29 is 9.13 Å². The van der Waals surface area contributed by atoms with Crippen LogP contribution in [0.5, 0.6) is 0 Å². The van der Waals surface area contributed by atoms with Crippen molar-refractivity contribution in [2.45, 2.75) is 44.4 Å². The van der Waals surface area contributed by atoms with E-state index in [2.05, 4.69) is 0 Å². The number of rotatable bonds is 3. The molecular formula is C13H17ClFNO. The van der Waals surface area contributed by atoms with Crippen molar-refractivity contribution >= 4 is 11.6 Å². The molecule has 0 aliphatic heterocycles. The number of benzene rings is 1. The van der Waals surface area contributed by atoms with Crippen molar-refractivity contribution in [3.05, 3.63) is 34.6 Å². The van der Waals surface area contributed by atoms with Crippen LogP contribution >= 0.6 is 11.6 Å². The Morgan fingerprint density at radius 2 is 2.00 bits per heavy atom. The molecule has 4 heteroatoms. The summed E-state index contributed by atoms with van der Waals surface area (Å²) < 4.78 is 19.3. The van der Waals surface area contributed by atoms with Gasteiger partial charge in [-0.05, 0) is 31.7 Å². The van der Waals surface area contributed by atoms with Crippen LogP contribution in [0.1, 0.15) is 31.2 Å². The van der Waals surface area contributed by atoms with Gasteiger partial charge in [0.2, 0.25) is 0 Å². The number of hydrogen-bond acceptors (Lipinski definition) is 2. The summed E-state index contributed by atoms with van der Waals surface area (Å²) >= 11 is 5.71. The molecule has 1 fully saturated rings. The first kappa shape index (κ1) is 12.8. The Morgan fingerprint density at radius 3 is 2.71 bits per heavy atom. The van der Waals surface area contributed by atoms with E-state index in [0.717, 1.165) is 25.7 Å². The van der Waals surface area contributed by atoms with Crippen molar-refractivity contribution in [3.63, 3.8) is 0 Å². The van der Waals surface area contributed by atoms with Crippen LogP contribution in [-0.2, 0) is 11.3 Å². The fourth-order valence-corrected chi connectivity index (χ4v) is 2.32. The predicted octanol–water partition coefficient (Wildman–Crippen LogP) is 3.27. The molecule has 1 aliphatic rings. The zero-order valence-electron chi connectivity index (χ0n) is 9.66. The van der Waals surface area contributed by atoms with E-state index >= 15 is 0 Å². The highest BCUT2D eigenvalue weighted by Crippen LogP contribution is 2.23. The van der Waals surface area contributed by atoms with Crippen molar-refractivity contribution in [1.29, 1.82) is 0 Å². The minimum atomic E-state index is -0.373. The molecule has 0 unspecified atom stereocenters. The molecule has 94 valence electrons. The zero-order chi connectivity index (χ0) is 12.3. The van der Waals surface area contributed by atoms with Crippen LogP contribution in [0, 0.1) is 5.82 Å². The van der Waals surface area contributed by atoms with Gasteiger partial charge < -0.3 is 10.5 Å². The molecule has 17 heavy (non-hydrogen) atoms. The second kappa shape index (κ2) is 5.80. The Balaban J connectivity index is 1.87. The van der Waals surface area contributed by atoms with Gasteiger partial charge in [0.05, 0.1) is 17.7 Å². The summed E-state index contributed by atoms with van der Waals surface area (Å²) in [6.07, 6.45) is 4.10. The van der Waals surface area contributed by atoms with Gasteiger partial charge in [0.25, 0.3) is 0 Å². The van der Waals surface area contributed by atoms with Crippen LogP contribution in [0.2, 0.25) is 5.02 Å². The average molecular weight is 258 g/mol. The van der Waals surface area contributed by atoms with Crippen LogP contribution in [0.15, 0.2) is 18.2 Å². The summed E-state index contributed by atoms with van der Waals surface area (Å²) in [5.74, 6) is -0.373. The summed E-state index contributed by atoms with van der Waals surface area (Å²) in [6, 6.07) is 5.29. The maximum absolute atomic E-state index is 13.6. The van der Waals surface area contributed by atoms with Gasteiger partial charge >= 0.3 is 0 Å². The molecule has 2 nitrogen and oxygen atoms in total. The summed E-state index contributed by atoms with van der Waals surface area (Å²) in [7, 11) is 0. The third kappa shape index (κ3) is 3.41. The summed E-state index contributed by atoms with van der Waals surface area (Å²) in [5, 5.41) is 0.150. The van der Waals surface area contributed by atoms with Gasteiger partial charge in [-0.25, -0.2) is 4.39 Å². The van der Waals surface area contributed by atoms with E-state index in [1.807, 2.05) is 0 Å². The quantitative estimate of drug-likeness (QED) is 0.902. The summed E-state index contributed by atoms with van der Waals surface area (Å²) in [4.78, 5) is 0. The summed E-state index contributed by atoms with van der Waals surface area (Å²) in [5.41, 5.74) is 6.34. The highest BCUT2D eigenvalue weighted by molar-refractivity contribution is 6.30. The van der Waals surface area contributed by atoms with Crippen LogP contribution < -0.4 is 5.73 Å². The Labute approximate surface area is 106 Å². The van der Waals surface area contributed by atoms with E-state index < -0.39 is 0 Å². The molecule has 0 radical (unpaired) electrons. The lowest BCUT2D eigenvalue weighted by Crippen LogP contribution is -2.30. The lowest BCUT2D eigenvalue weighted by Gasteiger charge is -2.26. The molecule has 0 heterocycles. The van der Waals surface area contributed by atoms with Crippen LogP contribution in [-0.4, -0.2) is 12.1 Å². The molecule has 1 aliphatic carbocycles. The first-order chi connectivity index (χ1) is 8.16. The Morgan fingerprint density at radius 1 is 1.29 bits per heavy atom. The average Bonchev–Trinajstić information content (AvgIpc) is 2.33. The largest absolute Gasteiger partial charge is 0.373 e. The van der Waals surface area contributed by atoms with Crippen molar-refractivity contribution in [3.8, 4) is 0 Å². The topological polar surface area (TPSA) is 35.2 Å². The van der Waals surface area contributed by atoms with Crippen LogP contribution in [0.3, 0.4) is 0 Å². The van der Waals surface area contributed by atoms with Crippen molar-refractivity contribution in [1.82, 2.24) is 0 Å². The van der Waals surface area contributed by atoms with Gasteiger partial charge in [0.15, 0.2) is 0 Å². The molecular weight excluding hydrogens is 241 g/mol. The molecule has 0 saturated heterocycles. The highest BCUT2D eigenvalue weighted by atomic mass is 35.5. The second-order valence-corrected chi connectivity index (χ2v) is 4.97. The maximum Gasteiger partial charge on any atom is 0.147 e. The van der Waals surface area contributed by atoms with Gasteiger partial charge in [0, 0.05) is 11.6 Å². The minimum Gasteiger partial charge on any atom is -0.373 e. The number of nitrogens with two attached hydrogens (primary N) is 1. The summed E-state index contributed by atoms with van der Waals surface area (Å²) in [6.45, 7) is 0.284. The number of ether oxygens (including phenoxy) is 1. The van der Waals surface area contributed by atoms with Crippen LogP contribution in [0.4, 0.5) is 4.39 Å². The lowest BCUT2D eigenvalue weighted by molar-refractivity contribution is 0.0126. The molecule has 0 bridgehead atoms. The molecule has 0 spiro atoms. The maximum atomic E-state index is 13.6. The van der Waals surface area contributed by atoms with E-state index in [1.165, 1.54) is 0 Å². The molecule has 2 rings (SSSR count). The molecule has 2 N–H and O–H groups in total. The third-order valence-corrected chi connectivity index (χ3v) is 3.52. The van der Waals surface area contributed by atoms with E-state index in [-0.39, 0.29) is 23.6 Å². The Hall–Kier alpha value is -0.640. The van der Waals surface area contributed by atoms with Gasteiger partial charge in [-0.15, -0.1) is 0 Å². The standard InChI is InChI=1S/C13H17ClFNO/c14-12-3-1-2-9(13(12)15)8-17-11-6-4-10(16)5-7-11/h1-3,10-11H,4-8,16H2. The molecule has 0 atom stereocenters. The SMILES string of the molecule is NC1CCC(OCc2cccc(Cl)c2F)CC1. The molecule has 0 amide bonds. The normalized spacial score (nSPS) is 24.9. The predicted molar refractivity (Wildman–Crippen MR) is 66.4 cm³/mol. The monoisotopic (exact) mass is 257 g/mol.